The summed E-state index contributed by atoms with van der Waals surface area (Å²) in [6.07, 6.45) is 0. The Balaban J connectivity index is 1.96. The van der Waals surface area contributed by atoms with Crippen LogP contribution < -0.4 is 15.8 Å². The van der Waals surface area contributed by atoms with Crippen molar-refractivity contribution in [2.24, 2.45) is 0 Å². The van der Waals surface area contributed by atoms with Crippen LogP contribution >= 0.6 is 31.9 Å². The van der Waals surface area contributed by atoms with Crippen LogP contribution in [0.3, 0.4) is 0 Å². The van der Waals surface area contributed by atoms with Crippen molar-refractivity contribution in [1.82, 2.24) is 0 Å². The molecule has 23 heavy (non-hydrogen) atoms. The molecule has 118 valence electrons. The molecular weight excluding hydrogens is 428 g/mol. The number of para-hydroxylation sites is 1. The Morgan fingerprint density at radius 3 is 2.70 bits per heavy atom. The average molecular weight is 440 g/mol. The minimum atomic E-state index is -0.372. The topological polar surface area (TPSA) is 77.5 Å². The summed E-state index contributed by atoms with van der Waals surface area (Å²) in [6.45, 7) is 0. The van der Waals surface area contributed by atoms with Gasteiger partial charge in [-0.25, -0.2) is 0 Å². The zero-order valence-corrected chi connectivity index (χ0v) is 15.2. The van der Waals surface area contributed by atoms with Gasteiger partial charge >= 0.3 is 0 Å². The van der Waals surface area contributed by atoms with Crippen molar-refractivity contribution >= 4 is 60.1 Å². The highest BCUT2D eigenvalue weighted by Crippen LogP contribution is 2.42. The first-order valence-corrected chi connectivity index (χ1v) is 8.21. The molecule has 1 aromatic heterocycles. The molecule has 0 aliphatic rings. The number of halogens is 2. The number of fused-ring (bicyclic) bond motifs is 1. The van der Waals surface area contributed by atoms with Crippen molar-refractivity contribution in [3.63, 3.8) is 0 Å². The maximum absolute atomic E-state index is 12.4. The lowest BCUT2D eigenvalue weighted by molar-refractivity contribution is 0.0998. The zero-order chi connectivity index (χ0) is 16.6. The number of rotatable bonds is 3. The maximum atomic E-state index is 12.4. The molecule has 0 bridgehead atoms. The second-order valence-corrected chi connectivity index (χ2v) is 6.42. The molecule has 0 aliphatic carbocycles. The molecule has 7 heteroatoms. The number of ether oxygens (including phenoxy) is 1. The van der Waals surface area contributed by atoms with E-state index < -0.39 is 0 Å². The first kappa shape index (κ1) is 15.9. The Morgan fingerprint density at radius 2 is 2.00 bits per heavy atom. The van der Waals surface area contributed by atoms with Gasteiger partial charge in [0.25, 0.3) is 5.91 Å². The minimum Gasteiger partial charge on any atom is -0.493 e. The summed E-state index contributed by atoms with van der Waals surface area (Å²) in [7, 11) is 1.50. The number of nitrogens with one attached hydrogen (secondary N) is 1. The molecule has 0 saturated heterocycles. The lowest BCUT2D eigenvalue weighted by atomic mass is 10.2. The van der Waals surface area contributed by atoms with E-state index in [2.05, 4.69) is 37.2 Å². The van der Waals surface area contributed by atoms with Crippen LogP contribution in [0.1, 0.15) is 10.6 Å². The fourth-order valence-corrected chi connectivity index (χ4v) is 3.47. The van der Waals surface area contributed by atoms with Crippen LogP contribution in [0.15, 0.2) is 49.8 Å². The lowest BCUT2D eigenvalue weighted by Crippen LogP contribution is -2.12. The molecule has 1 heterocycles. The van der Waals surface area contributed by atoms with E-state index in [1.54, 1.807) is 12.1 Å². The van der Waals surface area contributed by atoms with Gasteiger partial charge in [0, 0.05) is 9.86 Å². The van der Waals surface area contributed by atoms with Crippen molar-refractivity contribution in [3.8, 4) is 5.75 Å². The van der Waals surface area contributed by atoms with Crippen molar-refractivity contribution in [1.29, 1.82) is 0 Å². The minimum absolute atomic E-state index is 0.220. The Bertz CT molecular complexity index is 873. The number of nitrogens with two attached hydrogens (primary N) is 1. The second-order valence-electron chi connectivity index (χ2n) is 4.77. The molecule has 3 rings (SSSR count). The van der Waals surface area contributed by atoms with Gasteiger partial charge in [0.2, 0.25) is 0 Å². The summed E-state index contributed by atoms with van der Waals surface area (Å²) in [5.41, 5.74) is 7.54. The van der Waals surface area contributed by atoms with E-state index >= 15 is 0 Å². The van der Waals surface area contributed by atoms with E-state index in [-0.39, 0.29) is 11.7 Å². The molecule has 0 unspecified atom stereocenters. The predicted octanol–water partition coefficient (Wildman–Crippen LogP) is 4.80. The van der Waals surface area contributed by atoms with Crippen molar-refractivity contribution in [2.75, 3.05) is 18.2 Å². The largest absolute Gasteiger partial charge is 0.493 e. The molecule has 3 N–H and O–H groups in total. The van der Waals surface area contributed by atoms with Crippen molar-refractivity contribution in [3.05, 3.63) is 51.1 Å². The molecule has 1 amide bonds. The number of carbonyl (C=O) groups excluding carboxylic acids is 1. The lowest BCUT2D eigenvalue weighted by Gasteiger charge is -2.14. The van der Waals surface area contributed by atoms with Crippen molar-refractivity contribution < 1.29 is 13.9 Å². The van der Waals surface area contributed by atoms with Crippen LogP contribution in [-0.2, 0) is 0 Å². The number of furan rings is 1. The van der Waals surface area contributed by atoms with Crippen LogP contribution in [0.2, 0.25) is 0 Å². The monoisotopic (exact) mass is 438 g/mol. The molecule has 0 aliphatic heterocycles. The summed E-state index contributed by atoms with van der Waals surface area (Å²) < 4.78 is 12.1. The SMILES string of the molecule is COc1c(NC(=O)c2cc3ccccc3o2)cc(Br)c(N)c1Br. The zero-order valence-electron chi connectivity index (χ0n) is 12.0. The first-order chi connectivity index (χ1) is 11.0. The van der Waals surface area contributed by atoms with E-state index in [0.717, 1.165) is 5.39 Å². The van der Waals surface area contributed by atoms with E-state index in [4.69, 9.17) is 14.9 Å². The number of benzene rings is 2. The molecule has 0 fully saturated rings. The molecule has 0 radical (unpaired) electrons. The number of nitrogen functional groups attached to an aromatic ring is 1. The van der Waals surface area contributed by atoms with Crippen LogP contribution in [-0.4, -0.2) is 13.0 Å². The Morgan fingerprint density at radius 1 is 1.26 bits per heavy atom. The van der Waals surface area contributed by atoms with Crippen LogP contribution in [0, 0.1) is 0 Å². The van der Waals surface area contributed by atoms with Gasteiger partial charge in [-0.2, -0.15) is 0 Å². The van der Waals surface area contributed by atoms with E-state index in [1.807, 2.05) is 24.3 Å². The molecule has 0 saturated carbocycles. The maximum Gasteiger partial charge on any atom is 0.291 e. The molecular formula is C16H12Br2N2O3. The summed E-state index contributed by atoms with van der Waals surface area (Å²) in [4.78, 5) is 12.4. The van der Waals surface area contributed by atoms with Gasteiger partial charge in [-0.05, 0) is 50.1 Å². The van der Waals surface area contributed by atoms with Gasteiger partial charge in [0.1, 0.15) is 5.58 Å². The van der Waals surface area contributed by atoms with Gasteiger partial charge < -0.3 is 20.2 Å². The highest BCUT2D eigenvalue weighted by atomic mass is 79.9. The summed E-state index contributed by atoms with van der Waals surface area (Å²) in [6, 6.07) is 10.8. The first-order valence-electron chi connectivity index (χ1n) is 6.62. The molecule has 5 nitrogen and oxygen atoms in total. The van der Waals surface area contributed by atoms with Gasteiger partial charge in [0.05, 0.1) is 23.0 Å². The fourth-order valence-electron chi connectivity index (χ4n) is 2.19. The number of hydrogen-bond acceptors (Lipinski definition) is 4. The third kappa shape index (κ3) is 2.94. The number of carbonyl (C=O) groups is 1. The van der Waals surface area contributed by atoms with Crippen LogP contribution in [0.25, 0.3) is 11.0 Å². The molecule has 2 aromatic carbocycles. The Labute approximate surface area is 149 Å². The highest BCUT2D eigenvalue weighted by Gasteiger charge is 2.18. The van der Waals surface area contributed by atoms with Crippen LogP contribution in [0.5, 0.6) is 5.75 Å². The summed E-state index contributed by atoms with van der Waals surface area (Å²) in [5, 5.41) is 3.64. The summed E-state index contributed by atoms with van der Waals surface area (Å²) >= 11 is 6.71. The van der Waals surface area contributed by atoms with Crippen molar-refractivity contribution in [2.45, 2.75) is 0 Å². The third-order valence-corrected chi connectivity index (χ3v) is 4.75. The van der Waals surface area contributed by atoms with Gasteiger partial charge in [-0.15, -0.1) is 0 Å². The standard InChI is InChI=1S/C16H12Br2N2O3/c1-22-15-10(7-9(17)14(19)13(15)18)20-16(21)12-6-8-4-2-3-5-11(8)23-12/h2-7H,19H2,1H3,(H,20,21). The second kappa shape index (κ2) is 6.25. The third-order valence-electron chi connectivity index (χ3n) is 3.31. The van der Waals surface area contributed by atoms with Gasteiger partial charge in [-0.3, -0.25) is 4.79 Å². The number of methoxy groups -OCH3 is 1. The van der Waals surface area contributed by atoms with E-state index in [1.165, 1.54) is 7.11 Å². The number of anilines is 2. The van der Waals surface area contributed by atoms with Crippen LogP contribution in [0.4, 0.5) is 11.4 Å². The van der Waals surface area contributed by atoms with Gasteiger partial charge in [0.15, 0.2) is 11.5 Å². The molecule has 0 spiro atoms. The average Bonchev–Trinajstić information content (AvgIpc) is 2.97. The van der Waals surface area contributed by atoms with E-state index in [9.17, 15) is 4.79 Å². The summed E-state index contributed by atoms with van der Waals surface area (Å²) in [5.74, 6) is 0.288. The Kier molecular flexibility index (Phi) is 4.32. The highest BCUT2D eigenvalue weighted by molar-refractivity contribution is 9.11. The fraction of sp³-hybridized carbons (Fsp3) is 0.0625. The smallest absolute Gasteiger partial charge is 0.291 e. The molecule has 0 atom stereocenters. The van der Waals surface area contributed by atoms with Gasteiger partial charge in [-0.1, -0.05) is 18.2 Å². The normalized spacial score (nSPS) is 10.7. The van der Waals surface area contributed by atoms with E-state index in [0.29, 0.717) is 31.7 Å². The number of amides is 1. The number of hydrogen-bond donors (Lipinski definition) is 2. The molecule has 3 aromatic rings. The quantitative estimate of drug-likeness (QED) is 0.574. The Hall–Kier alpha value is -1.99. The predicted molar refractivity (Wildman–Crippen MR) is 97.0 cm³/mol.